The van der Waals surface area contributed by atoms with Crippen molar-refractivity contribution in [3.63, 3.8) is 0 Å². The normalized spacial score (nSPS) is 28.1. The first-order valence-corrected chi connectivity index (χ1v) is 8.60. The second kappa shape index (κ2) is 6.54. The van der Waals surface area contributed by atoms with Crippen LogP contribution < -0.4 is 5.73 Å². The minimum Gasteiger partial charge on any atom is -0.394 e. The van der Waals surface area contributed by atoms with Crippen LogP contribution in [0.25, 0.3) is 11.2 Å². The third kappa shape index (κ3) is 2.76. The van der Waals surface area contributed by atoms with Crippen molar-refractivity contribution in [3.05, 3.63) is 48.0 Å². The van der Waals surface area contributed by atoms with E-state index in [1.54, 1.807) is 4.57 Å². The fourth-order valence-corrected chi connectivity index (χ4v) is 3.69. The van der Waals surface area contributed by atoms with Crippen LogP contribution in [0.5, 0.6) is 0 Å². The van der Waals surface area contributed by atoms with E-state index in [1.165, 1.54) is 12.7 Å². The lowest BCUT2D eigenvalue weighted by atomic mass is 9.94. The maximum atomic E-state index is 10.9. The standard InChI is InChI=1S/C18H21N5O4/c1-10-3-2-4-11(5-10)6-18(15(26)14(25)12(7-24)27-18)23-9-22-13-16(19)20-8-21-17(13)23/h2-5,8-9,12,14-15,24-26H,6-7H2,1H3,(H2,19,20,21)/t12-,14-,15-,18-/m1/s1. The van der Waals surface area contributed by atoms with Gasteiger partial charge in [0, 0.05) is 6.42 Å². The molecule has 27 heavy (non-hydrogen) atoms. The van der Waals surface area contributed by atoms with E-state index in [4.69, 9.17) is 10.5 Å². The SMILES string of the molecule is Cc1cccc(C[C@@]2(n3cnc4c(N)ncnc43)O[C@H](CO)[C@@H](O)[C@H]2O)c1. The summed E-state index contributed by atoms with van der Waals surface area (Å²) in [5.41, 5.74) is 7.17. The Bertz CT molecular complexity index is 977. The summed E-state index contributed by atoms with van der Waals surface area (Å²) in [7, 11) is 0. The van der Waals surface area contributed by atoms with Crippen molar-refractivity contribution in [1.29, 1.82) is 0 Å². The number of nitrogens with zero attached hydrogens (tertiary/aromatic N) is 4. The molecule has 0 amide bonds. The highest BCUT2D eigenvalue weighted by atomic mass is 16.6. The Labute approximate surface area is 155 Å². The molecule has 1 aliphatic heterocycles. The molecule has 1 saturated heterocycles. The molecule has 2 aromatic heterocycles. The number of benzene rings is 1. The zero-order chi connectivity index (χ0) is 19.2. The Hall–Kier alpha value is -2.59. The molecule has 5 N–H and O–H groups in total. The van der Waals surface area contributed by atoms with E-state index >= 15 is 0 Å². The summed E-state index contributed by atoms with van der Waals surface area (Å²) < 4.78 is 7.59. The summed E-state index contributed by atoms with van der Waals surface area (Å²) in [4.78, 5) is 12.4. The van der Waals surface area contributed by atoms with E-state index < -0.39 is 30.6 Å². The Balaban J connectivity index is 1.89. The van der Waals surface area contributed by atoms with Crippen LogP contribution in [0.1, 0.15) is 11.1 Å². The molecule has 0 bridgehead atoms. The molecule has 1 fully saturated rings. The van der Waals surface area contributed by atoms with Crippen molar-refractivity contribution in [2.75, 3.05) is 12.3 Å². The monoisotopic (exact) mass is 371 g/mol. The summed E-state index contributed by atoms with van der Waals surface area (Å²) in [5, 5.41) is 30.9. The van der Waals surface area contributed by atoms with Crippen molar-refractivity contribution in [1.82, 2.24) is 19.5 Å². The molecular formula is C18H21N5O4. The molecule has 0 spiro atoms. The third-order valence-corrected chi connectivity index (χ3v) is 5.01. The number of nitrogen functional groups attached to an aromatic ring is 1. The van der Waals surface area contributed by atoms with Crippen LogP contribution in [0.2, 0.25) is 0 Å². The summed E-state index contributed by atoms with van der Waals surface area (Å²) in [6.07, 6.45) is -0.529. The van der Waals surface area contributed by atoms with Gasteiger partial charge < -0.3 is 25.8 Å². The highest BCUT2D eigenvalue weighted by molar-refractivity contribution is 5.81. The van der Waals surface area contributed by atoms with Crippen LogP contribution in [0.15, 0.2) is 36.9 Å². The largest absolute Gasteiger partial charge is 0.394 e. The van der Waals surface area contributed by atoms with Gasteiger partial charge in [0.05, 0.1) is 12.9 Å². The van der Waals surface area contributed by atoms with Crippen molar-refractivity contribution in [3.8, 4) is 0 Å². The molecule has 0 radical (unpaired) electrons. The number of hydrogen-bond donors (Lipinski definition) is 4. The second-order valence-electron chi connectivity index (χ2n) is 6.83. The molecular weight excluding hydrogens is 350 g/mol. The number of aliphatic hydroxyl groups is 3. The Morgan fingerprint density at radius 2 is 2.07 bits per heavy atom. The molecule has 0 saturated carbocycles. The van der Waals surface area contributed by atoms with Crippen LogP contribution in [0, 0.1) is 6.92 Å². The number of aliphatic hydroxyl groups excluding tert-OH is 3. The van der Waals surface area contributed by atoms with E-state index in [0.717, 1.165) is 11.1 Å². The van der Waals surface area contributed by atoms with Crippen molar-refractivity contribution in [2.24, 2.45) is 0 Å². The topological polar surface area (TPSA) is 140 Å². The Kier molecular flexibility index (Phi) is 4.31. The molecule has 4 rings (SSSR count). The van der Waals surface area contributed by atoms with E-state index in [-0.39, 0.29) is 12.2 Å². The van der Waals surface area contributed by atoms with Gasteiger partial charge >= 0.3 is 0 Å². The minimum absolute atomic E-state index is 0.205. The van der Waals surface area contributed by atoms with Crippen LogP contribution in [-0.2, 0) is 16.9 Å². The molecule has 1 aliphatic rings. The fraction of sp³-hybridized carbons (Fsp3) is 0.389. The Morgan fingerprint density at radius 1 is 1.26 bits per heavy atom. The van der Waals surface area contributed by atoms with Gasteiger partial charge in [-0.15, -0.1) is 0 Å². The highest BCUT2D eigenvalue weighted by Gasteiger charge is 2.56. The van der Waals surface area contributed by atoms with Gasteiger partial charge in [-0.3, -0.25) is 4.57 Å². The number of fused-ring (bicyclic) bond motifs is 1. The van der Waals surface area contributed by atoms with Gasteiger partial charge in [-0.2, -0.15) is 0 Å². The van der Waals surface area contributed by atoms with E-state index in [2.05, 4.69) is 15.0 Å². The molecule has 4 atom stereocenters. The van der Waals surface area contributed by atoms with Gasteiger partial charge in [0.1, 0.15) is 30.2 Å². The molecule has 0 unspecified atom stereocenters. The number of anilines is 1. The van der Waals surface area contributed by atoms with Gasteiger partial charge in [-0.25, -0.2) is 15.0 Å². The lowest BCUT2D eigenvalue weighted by Gasteiger charge is -2.34. The quantitative estimate of drug-likeness (QED) is 0.491. The maximum absolute atomic E-state index is 10.9. The van der Waals surface area contributed by atoms with E-state index in [1.807, 2.05) is 31.2 Å². The molecule has 1 aromatic carbocycles. The van der Waals surface area contributed by atoms with Crippen molar-refractivity contribution in [2.45, 2.75) is 37.4 Å². The van der Waals surface area contributed by atoms with Gasteiger partial charge in [0.25, 0.3) is 0 Å². The molecule has 9 nitrogen and oxygen atoms in total. The summed E-state index contributed by atoms with van der Waals surface area (Å²) in [6.45, 7) is 1.53. The third-order valence-electron chi connectivity index (χ3n) is 5.01. The number of aryl methyl sites for hydroxylation is 1. The summed E-state index contributed by atoms with van der Waals surface area (Å²) in [6, 6.07) is 7.75. The molecule has 0 aliphatic carbocycles. The second-order valence-corrected chi connectivity index (χ2v) is 6.83. The summed E-state index contributed by atoms with van der Waals surface area (Å²) >= 11 is 0. The molecule has 142 valence electrons. The van der Waals surface area contributed by atoms with Crippen LogP contribution >= 0.6 is 0 Å². The minimum atomic E-state index is -1.41. The Morgan fingerprint density at radius 3 is 2.78 bits per heavy atom. The van der Waals surface area contributed by atoms with Gasteiger partial charge in [-0.05, 0) is 12.5 Å². The smallest absolute Gasteiger partial charge is 0.180 e. The zero-order valence-corrected chi connectivity index (χ0v) is 14.7. The number of aromatic nitrogens is 4. The van der Waals surface area contributed by atoms with Gasteiger partial charge in [0.15, 0.2) is 17.2 Å². The fourth-order valence-electron chi connectivity index (χ4n) is 3.69. The number of hydrogen-bond acceptors (Lipinski definition) is 8. The number of imidazole rings is 1. The van der Waals surface area contributed by atoms with Crippen molar-refractivity contribution >= 4 is 17.0 Å². The van der Waals surface area contributed by atoms with Crippen LogP contribution in [-0.4, -0.2) is 59.8 Å². The van der Waals surface area contributed by atoms with Gasteiger partial charge in [-0.1, -0.05) is 29.8 Å². The molecule has 3 heterocycles. The number of nitrogens with two attached hydrogens (primary N) is 1. The average molecular weight is 371 g/mol. The highest BCUT2D eigenvalue weighted by Crippen LogP contribution is 2.40. The van der Waals surface area contributed by atoms with Crippen LogP contribution in [0.3, 0.4) is 0 Å². The predicted molar refractivity (Wildman–Crippen MR) is 96.6 cm³/mol. The zero-order valence-electron chi connectivity index (χ0n) is 14.7. The van der Waals surface area contributed by atoms with E-state index in [9.17, 15) is 15.3 Å². The van der Waals surface area contributed by atoms with Crippen LogP contribution in [0.4, 0.5) is 5.82 Å². The lowest BCUT2D eigenvalue weighted by molar-refractivity contribution is -0.145. The maximum Gasteiger partial charge on any atom is 0.180 e. The van der Waals surface area contributed by atoms with Gasteiger partial charge in [0.2, 0.25) is 0 Å². The first-order chi connectivity index (χ1) is 13.0. The first kappa shape index (κ1) is 17.8. The molecule has 9 heteroatoms. The van der Waals surface area contributed by atoms with Crippen molar-refractivity contribution < 1.29 is 20.1 Å². The predicted octanol–water partition coefficient (Wildman–Crippen LogP) is -0.275. The first-order valence-electron chi connectivity index (χ1n) is 8.60. The number of ether oxygens (including phenoxy) is 1. The summed E-state index contributed by atoms with van der Waals surface area (Å²) in [5.74, 6) is 0.205. The average Bonchev–Trinajstić information content (AvgIpc) is 3.19. The molecule has 3 aromatic rings. The lowest BCUT2D eigenvalue weighted by Crippen LogP contribution is -2.47. The van der Waals surface area contributed by atoms with E-state index in [0.29, 0.717) is 11.2 Å². The number of rotatable bonds is 4.